The Hall–Kier alpha value is -2.82. The van der Waals surface area contributed by atoms with Crippen LogP contribution in [0, 0.1) is 17.2 Å². The van der Waals surface area contributed by atoms with Gasteiger partial charge in [0.1, 0.15) is 16.8 Å². The molecule has 2 N–H and O–H groups in total. The molecule has 1 aliphatic rings. The van der Waals surface area contributed by atoms with Crippen molar-refractivity contribution in [2.24, 2.45) is 5.92 Å². The molecule has 1 aromatic carbocycles. The molecule has 0 bridgehead atoms. The number of nitrogens with one attached hydrogen (secondary N) is 1. The van der Waals surface area contributed by atoms with Gasteiger partial charge in [0.15, 0.2) is 0 Å². The minimum absolute atomic E-state index is 0.00167. The molecule has 0 aliphatic heterocycles. The molecule has 7 heteroatoms. The van der Waals surface area contributed by atoms with Gasteiger partial charge in [0.05, 0.1) is 16.5 Å². The number of thioether (sulfide) groups is 1. The van der Waals surface area contributed by atoms with Gasteiger partial charge in [-0.3, -0.25) is 4.79 Å². The van der Waals surface area contributed by atoms with E-state index in [4.69, 9.17) is 4.98 Å². The van der Waals surface area contributed by atoms with Crippen LogP contribution < -0.4 is 5.32 Å². The number of fused-ring (bicyclic) bond motifs is 1. The van der Waals surface area contributed by atoms with Crippen LogP contribution in [-0.4, -0.2) is 21.2 Å². The molecule has 0 unspecified atom stereocenters. The van der Waals surface area contributed by atoms with Gasteiger partial charge in [0.2, 0.25) is 5.91 Å². The fraction of sp³-hybridized carbons (Fsp3) is 0.346. The van der Waals surface area contributed by atoms with Gasteiger partial charge in [-0.1, -0.05) is 50.2 Å². The first kappa shape index (κ1) is 23.3. The number of phenolic OH excluding ortho intramolecular Hbond substituents is 1. The van der Waals surface area contributed by atoms with E-state index in [2.05, 4.69) is 17.5 Å². The molecule has 33 heavy (non-hydrogen) atoms. The number of aromatic nitrogens is 1. The van der Waals surface area contributed by atoms with Gasteiger partial charge in [0.25, 0.3) is 0 Å². The van der Waals surface area contributed by atoms with Crippen LogP contribution in [0.2, 0.25) is 0 Å². The van der Waals surface area contributed by atoms with Gasteiger partial charge < -0.3 is 10.4 Å². The molecular weight excluding hydrogens is 450 g/mol. The van der Waals surface area contributed by atoms with Crippen LogP contribution in [0.15, 0.2) is 46.8 Å². The van der Waals surface area contributed by atoms with E-state index in [1.54, 1.807) is 35.6 Å². The third kappa shape index (κ3) is 5.07. The Balaban J connectivity index is 1.75. The van der Waals surface area contributed by atoms with E-state index in [1.165, 1.54) is 17.3 Å². The fourth-order valence-corrected chi connectivity index (χ4v) is 6.08. The van der Waals surface area contributed by atoms with Gasteiger partial charge >= 0.3 is 0 Å². The first-order chi connectivity index (χ1) is 16.0. The van der Waals surface area contributed by atoms with Gasteiger partial charge in [0, 0.05) is 16.1 Å². The summed E-state index contributed by atoms with van der Waals surface area (Å²) in [5.74, 6) is -0.188. The SMILES string of the molecule is CC(C)[C@@H](Sc1nc2c(c(-c3cccs3)c1C#N)CCCCC2)C(=O)Nc1ccccc1O. The van der Waals surface area contributed by atoms with E-state index in [0.717, 1.165) is 48.2 Å². The molecule has 3 aromatic rings. The summed E-state index contributed by atoms with van der Waals surface area (Å²) in [6, 6.07) is 13.2. The maximum atomic E-state index is 13.2. The molecular formula is C26H27N3O2S2. The lowest BCUT2D eigenvalue weighted by Crippen LogP contribution is -2.30. The van der Waals surface area contributed by atoms with E-state index in [1.807, 2.05) is 25.3 Å². The number of aryl methyl sites for hydroxylation is 1. The maximum Gasteiger partial charge on any atom is 0.238 e. The average molecular weight is 478 g/mol. The van der Waals surface area contributed by atoms with Gasteiger partial charge in [-0.2, -0.15) is 5.26 Å². The first-order valence-electron chi connectivity index (χ1n) is 11.2. The zero-order valence-electron chi connectivity index (χ0n) is 18.8. The number of pyridine rings is 1. The monoisotopic (exact) mass is 477 g/mol. The van der Waals surface area contributed by atoms with Crippen LogP contribution in [0.4, 0.5) is 5.69 Å². The van der Waals surface area contributed by atoms with Crippen molar-refractivity contribution in [2.75, 3.05) is 5.32 Å². The number of carbonyl (C=O) groups excluding carboxylic acids is 1. The summed E-state index contributed by atoms with van der Waals surface area (Å²) in [7, 11) is 0. The smallest absolute Gasteiger partial charge is 0.238 e. The molecule has 0 fully saturated rings. The first-order valence-corrected chi connectivity index (χ1v) is 13.0. The van der Waals surface area contributed by atoms with Crippen molar-refractivity contribution in [1.29, 1.82) is 5.26 Å². The quantitative estimate of drug-likeness (QED) is 0.243. The zero-order valence-corrected chi connectivity index (χ0v) is 20.4. The minimum Gasteiger partial charge on any atom is -0.506 e. The van der Waals surface area contributed by atoms with Crippen molar-refractivity contribution in [3.63, 3.8) is 0 Å². The molecule has 1 aliphatic carbocycles. The predicted molar refractivity (Wildman–Crippen MR) is 135 cm³/mol. The van der Waals surface area contributed by atoms with Crippen LogP contribution in [-0.2, 0) is 17.6 Å². The second kappa shape index (κ2) is 10.4. The molecule has 0 radical (unpaired) electrons. The summed E-state index contributed by atoms with van der Waals surface area (Å²) in [4.78, 5) is 19.3. The molecule has 0 saturated carbocycles. The van der Waals surface area contributed by atoms with Gasteiger partial charge in [-0.05, 0) is 60.7 Å². The molecule has 170 valence electrons. The fourth-order valence-electron chi connectivity index (χ4n) is 4.17. The standard InChI is InChI=1S/C26H27N3O2S2/c1-16(2)24(25(31)28-20-11-6-7-12-21(20)30)33-26-18(15-27)23(22-13-8-14-32-22)17-9-4-3-5-10-19(17)29-26/h6-8,11-14,16,24,30H,3-5,9-10H2,1-2H3,(H,28,31)/t24-/m1/s1. The Labute approximate surface area is 202 Å². The number of aromatic hydroxyl groups is 1. The number of para-hydroxylation sites is 2. The highest BCUT2D eigenvalue weighted by Gasteiger charge is 2.29. The van der Waals surface area contributed by atoms with Crippen LogP contribution in [0.1, 0.15) is 49.9 Å². The van der Waals surface area contributed by atoms with E-state index in [0.29, 0.717) is 16.3 Å². The molecule has 0 spiro atoms. The van der Waals surface area contributed by atoms with Crippen LogP contribution in [0.5, 0.6) is 5.75 Å². The molecule has 1 amide bonds. The summed E-state index contributed by atoms with van der Waals surface area (Å²) >= 11 is 2.98. The van der Waals surface area contributed by atoms with Gasteiger partial charge in [-0.15, -0.1) is 11.3 Å². The van der Waals surface area contributed by atoms with E-state index in [9.17, 15) is 15.2 Å². The number of carbonyl (C=O) groups is 1. The second-order valence-electron chi connectivity index (χ2n) is 8.53. The van der Waals surface area contributed by atoms with E-state index in [-0.39, 0.29) is 17.6 Å². The lowest BCUT2D eigenvalue weighted by atomic mass is 9.97. The largest absolute Gasteiger partial charge is 0.506 e. The molecule has 1 atom stereocenters. The molecule has 4 rings (SSSR count). The third-order valence-corrected chi connectivity index (χ3v) is 8.25. The Morgan fingerprint density at radius 2 is 1.97 bits per heavy atom. The van der Waals surface area contributed by atoms with Gasteiger partial charge in [-0.25, -0.2) is 4.98 Å². The number of thiophene rings is 1. The summed E-state index contributed by atoms with van der Waals surface area (Å²) in [6.07, 6.45) is 5.16. The summed E-state index contributed by atoms with van der Waals surface area (Å²) < 4.78 is 0. The highest BCUT2D eigenvalue weighted by atomic mass is 32.2. The lowest BCUT2D eigenvalue weighted by Gasteiger charge is -2.22. The third-order valence-electron chi connectivity index (χ3n) is 5.83. The topological polar surface area (TPSA) is 86.0 Å². The number of anilines is 1. The van der Waals surface area contributed by atoms with Crippen LogP contribution in [0.3, 0.4) is 0 Å². The van der Waals surface area contributed by atoms with E-state index >= 15 is 0 Å². The normalized spacial score (nSPS) is 14.2. The number of benzene rings is 1. The Bertz CT molecular complexity index is 1180. The molecule has 5 nitrogen and oxygen atoms in total. The molecule has 0 saturated heterocycles. The second-order valence-corrected chi connectivity index (χ2v) is 10.6. The van der Waals surface area contributed by atoms with Crippen molar-refractivity contribution in [3.05, 3.63) is 58.6 Å². The number of amides is 1. The van der Waals surface area contributed by atoms with Crippen molar-refractivity contribution in [3.8, 4) is 22.3 Å². The van der Waals surface area contributed by atoms with Crippen molar-refractivity contribution in [2.45, 2.75) is 56.2 Å². The number of rotatable bonds is 6. The predicted octanol–water partition coefficient (Wildman–Crippen LogP) is 6.41. The Morgan fingerprint density at radius 1 is 1.18 bits per heavy atom. The highest BCUT2D eigenvalue weighted by Crippen LogP contribution is 2.41. The lowest BCUT2D eigenvalue weighted by molar-refractivity contribution is -0.116. The zero-order chi connectivity index (χ0) is 23.4. The van der Waals surface area contributed by atoms with Crippen molar-refractivity contribution >= 4 is 34.7 Å². The summed E-state index contributed by atoms with van der Waals surface area (Å²) in [5.41, 5.74) is 4.18. The van der Waals surface area contributed by atoms with Crippen molar-refractivity contribution in [1.82, 2.24) is 4.98 Å². The maximum absolute atomic E-state index is 13.2. The Morgan fingerprint density at radius 3 is 2.67 bits per heavy atom. The number of nitriles is 1. The highest BCUT2D eigenvalue weighted by molar-refractivity contribution is 8.00. The number of nitrogens with zero attached hydrogens (tertiary/aromatic N) is 2. The van der Waals surface area contributed by atoms with Crippen LogP contribution >= 0.6 is 23.1 Å². The van der Waals surface area contributed by atoms with Crippen molar-refractivity contribution < 1.29 is 9.90 Å². The molecule has 2 heterocycles. The van der Waals surface area contributed by atoms with Crippen LogP contribution in [0.25, 0.3) is 10.4 Å². The number of hydrogen-bond donors (Lipinski definition) is 2. The number of hydrogen-bond acceptors (Lipinski definition) is 6. The summed E-state index contributed by atoms with van der Waals surface area (Å²) in [6.45, 7) is 3.97. The average Bonchev–Trinajstić information content (AvgIpc) is 3.23. The Kier molecular flexibility index (Phi) is 7.36. The number of phenols is 1. The minimum atomic E-state index is -0.468. The summed E-state index contributed by atoms with van der Waals surface area (Å²) in [5, 5.41) is 25.3. The molecule has 2 aromatic heterocycles. The van der Waals surface area contributed by atoms with E-state index < -0.39 is 5.25 Å².